The summed E-state index contributed by atoms with van der Waals surface area (Å²) in [5, 5.41) is 4.28. The molecule has 0 unspecified atom stereocenters. The molecule has 10 nitrogen and oxygen atoms in total. The van der Waals surface area contributed by atoms with Gasteiger partial charge in [-0.05, 0) is 49.6 Å². The Morgan fingerprint density at radius 2 is 2.03 bits per heavy atom. The predicted molar refractivity (Wildman–Crippen MR) is 139 cm³/mol. The van der Waals surface area contributed by atoms with Gasteiger partial charge >= 0.3 is 5.97 Å². The van der Waals surface area contributed by atoms with E-state index in [0.717, 1.165) is 11.1 Å². The molecule has 11 heteroatoms. The third kappa shape index (κ3) is 5.93. The standard InChI is InChI=1S/C26H30N4O6S/c1-4-29-18-24(26(28-29)35-5-2)37(32,33)30-17-21(11-13-25(31)34-3)36-23-12-10-19(15-22(23)30)8-9-20-7-6-14-27-16-20/h6-10,12,14-16,18,21H,4-5,11,13,17H2,1-3H3/b9-8+/t21-/m0/s1. The number of hydrogen-bond donors (Lipinski definition) is 0. The van der Waals surface area contributed by atoms with Gasteiger partial charge in [-0.2, -0.15) is 0 Å². The van der Waals surface area contributed by atoms with E-state index >= 15 is 0 Å². The summed E-state index contributed by atoms with van der Waals surface area (Å²) in [6.45, 7) is 4.42. The van der Waals surface area contributed by atoms with Gasteiger partial charge in [0, 0.05) is 31.6 Å². The highest BCUT2D eigenvalue weighted by Crippen LogP contribution is 2.40. The molecule has 1 aliphatic rings. The quantitative estimate of drug-likeness (QED) is 0.367. The highest BCUT2D eigenvalue weighted by atomic mass is 32.2. The molecule has 0 N–H and O–H groups in total. The van der Waals surface area contributed by atoms with E-state index < -0.39 is 16.1 Å². The maximum atomic E-state index is 14.0. The first-order valence-electron chi connectivity index (χ1n) is 12.0. The van der Waals surface area contributed by atoms with Crippen LogP contribution in [0.1, 0.15) is 37.8 Å². The Kier molecular flexibility index (Phi) is 8.12. The van der Waals surface area contributed by atoms with Crippen LogP contribution in [-0.4, -0.2) is 55.5 Å². The summed E-state index contributed by atoms with van der Waals surface area (Å²) in [7, 11) is -2.77. The fourth-order valence-corrected chi connectivity index (χ4v) is 5.52. The number of hydrogen-bond acceptors (Lipinski definition) is 8. The summed E-state index contributed by atoms with van der Waals surface area (Å²) in [4.78, 5) is 15.8. The second kappa shape index (κ2) is 11.5. The number of carbonyl (C=O) groups is 1. The van der Waals surface area contributed by atoms with Crippen molar-refractivity contribution in [2.75, 3.05) is 24.6 Å². The number of rotatable bonds is 10. The Balaban J connectivity index is 1.74. The van der Waals surface area contributed by atoms with Gasteiger partial charge in [-0.15, -0.1) is 5.10 Å². The number of sulfonamides is 1. The van der Waals surface area contributed by atoms with Crippen LogP contribution in [-0.2, 0) is 26.1 Å². The average molecular weight is 527 g/mol. The molecule has 0 amide bonds. The SMILES string of the molecule is CCOc1nn(CC)cc1S(=O)(=O)N1C[C@H](CCC(=O)OC)Oc2ccc(/C=C/c3cccnc3)cc21. The zero-order chi connectivity index (χ0) is 26.4. The Bertz CT molecular complexity index is 1370. The maximum Gasteiger partial charge on any atom is 0.305 e. The third-order valence-corrected chi connectivity index (χ3v) is 7.60. The lowest BCUT2D eigenvalue weighted by Gasteiger charge is -2.35. The lowest BCUT2D eigenvalue weighted by atomic mass is 10.1. The van der Waals surface area contributed by atoms with Gasteiger partial charge in [0.05, 0.1) is 25.9 Å². The number of methoxy groups -OCH3 is 1. The monoisotopic (exact) mass is 526 g/mol. The average Bonchev–Trinajstić information content (AvgIpc) is 3.34. The molecular weight excluding hydrogens is 496 g/mol. The molecule has 196 valence electrons. The van der Waals surface area contributed by atoms with Crippen LogP contribution in [0.3, 0.4) is 0 Å². The molecule has 0 aliphatic carbocycles. The minimum Gasteiger partial charge on any atom is -0.486 e. The van der Waals surface area contributed by atoms with Crippen LogP contribution in [0.5, 0.6) is 11.6 Å². The fourth-order valence-electron chi connectivity index (χ4n) is 3.94. The van der Waals surface area contributed by atoms with Crippen molar-refractivity contribution in [2.45, 2.75) is 44.2 Å². The van der Waals surface area contributed by atoms with Gasteiger partial charge in [-0.1, -0.05) is 24.3 Å². The number of nitrogens with zero attached hydrogens (tertiary/aromatic N) is 4. The molecular formula is C26H30N4O6S. The van der Waals surface area contributed by atoms with Crippen molar-refractivity contribution >= 4 is 33.8 Å². The van der Waals surface area contributed by atoms with Crippen LogP contribution in [0.4, 0.5) is 5.69 Å². The highest BCUT2D eigenvalue weighted by Gasteiger charge is 2.37. The molecule has 0 bridgehead atoms. The summed E-state index contributed by atoms with van der Waals surface area (Å²) >= 11 is 0. The summed E-state index contributed by atoms with van der Waals surface area (Å²) in [6.07, 6.45) is 8.55. The largest absolute Gasteiger partial charge is 0.486 e. The van der Waals surface area contributed by atoms with Gasteiger partial charge in [0.25, 0.3) is 15.9 Å². The van der Waals surface area contributed by atoms with E-state index in [1.54, 1.807) is 31.5 Å². The van der Waals surface area contributed by atoms with Crippen molar-refractivity contribution in [3.8, 4) is 11.6 Å². The van der Waals surface area contributed by atoms with Crippen molar-refractivity contribution in [2.24, 2.45) is 0 Å². The molecule has 0 saturated heterocycles. The molecule has 3 aromatic rings. The topological polar surface area (TPSA) is 113 Å². The first-order chi connectivity index (χ1) is 17.8. The van der Waals surface area contributed by atoms with Crippen LogP contribution >= 0.6 is 0 Å². The van der Waals surface area contributed by atoms with Gasteiger partial charge in [0.2, 0.25) is 0 Å². The molecule has 4 rings (SSSR count). The van der Waals surface area contributed by atoms with Crippen LogP contribution in [0, 0.1) is 0 Å². The zero-order valence-corrected chi connectivity index (χ0v) is 21.8. The fraction of sp³-hybridized carbons (Fsp3) is 0.346. The molecule has 37 heavy (non-hydrogen) atoms. The Morgan fingerprint density at radius 1 is 1.22 bits per heavy atom. The molecule has 1 aliphatic heterocycles. The zero-order valence-electron chi connectivity index (χ0n) is 21.0. The molecule has 0 fully saturated rings. The molecule has 0 saturated carbocycles. The summed E-state index contributed by atoms with van der Waals surface area (Å²) in [5.74, 6) is 0.0720. The van der Waals surface area contributed by atoms with Gasteiger partial charge in [-0.3, -0.25) is 18.8 Å². The van der Waals surface area contributed by atoms with Crippen molar-refractivity contribution in [3.63, 3.8) is 0 Å². The molecule has 1 atom stereocenters. The van der Waals surface area contributed by atoms with Gasteiger partial charge in [0.15, 0.2) is 4.90 Å². The van der Waals surface area contributed by atoms with E-state index in [1.165, 1.54) is 22.3 Å². The van der Waals surface area contributed by atoms with Crippen molar-refractivity contribution in [1.82, 2.24) is 14.8 Å². The summed E-state index contributed by atoms with van der Waals surface area (Å²) in [5.41, 5.74) is 2.10. The lowest BCUT2D eigenvalue weighted by molar-refractivity contribution is -0.141. The van der Waals surface area contributed by atoms with E-state index in [9.17, 15) is 13.2 Å². The van der Waals surface area contributed by atoms with Gasteiger partial charge in [0.1, 0.15) is 11.9 Å². The number of pyridine rings is 1. The number of carbonyl (C=O) groups excluding carboxylic acids is 1. The Morgan fingerprint density at radius 3 is 2.73 bits per heavy atom. The third-order valence-electron chi connectivity index (χ3n) is 5.83. The first kappa shape index (κ1) is 26.2. The van der Waals surface area contributed by atoms with Crippen LogP contribution < -0.4 is 13.8 Å². The minimum absolute atomic E-state index is 0.0188. The van der Waals surface area contributed by atoms with Crippen molar-refractivity contribution in [3.05, 3.63) is 60.0 Å². The highest BCUT2D eigenvalue weighted by molar-refractivity contribution is 7.93. The Hall–Kier alpha value is -3.86. The maximum absolute atomic E-state index is 14.0. The van der Waals surface area contributed by atoms with Crippen LogP contribution in [0.2, 0.25) is 0 Å². The van der Waals surface area contributed by atoms with Gasteiger partial charge in [-0.25, -0.2) is 8.42 Å². The minimum atomic E-state index is -4.08. The second-order valence-corrected chi connectivity index (χ2v) is 10.2. The summed E-state index contributed by atoms with van der Waals surface area (Å²) in [6, 6.07) is 9.12. The first-order valence-corrected chi connectivity index (χ1v) is 13.5. The van der Waals surface area contributed by atoms with Crippen LogP contribution in [0.15, 0.2) is 53.8 Å². The molecule has 3 heterocycles. The number of esters is 1. The Labute approximate surface area is 216 Å². The number of fused-ring (bicyclic) bond motifs is 1. The lowest BCUT2D eigenvalue weighted by Crippen LogP contribution is -2.43. The summed E-state index contributed by atoms with van der Waals surface area (Å²) < 4.78 is 47.3. The number of aromatic nitrogens is 3. The normalized spacial score (nSPS) is 15.3. The molecule has 1 aromatic carbocycles. The molecule has 0 spiro atoms. The van der Waals surface area contributed by atoms with Crippen molar-refractivity contribution in [1.29, 1.82) is 0 Å². The smallest absolute Gasteiger partial charge is 0.305 e. The van der Waals surface area contributed by atoms with E-state index in [2.05, 4.69) is 10.1 Å². The predicted octanol–water partition coefficient (Wildman–Crippen LogP) is 3.78. The van der Waals surface area contributed by atoms with E-state index in [0.29, 0.717) is 24.4 Å². The molecule has 0 radical (unpaired) electrons. The van der Waals surface area contributed by atoms with E-state index in [1.807, 2.05) is 37.3 Å². The number of anilines is 1. The van der Waals surface area contributed by atoms with E-state index in [-0.39, 0.29) is 36.3 Å². The van der Waals surface area contributed by atoms with E-state index in [4.69, 9.17) is 14.2 Å². The second-order valence-electron chi connectivity index (χ2n) is 8.32. The van der Waals surface area contributed by atoms with Gasteiger partial charge < -0.3 is 14.2 Å². The molecule has 2 aromatic heterocycles. The van der Waals surface area contributed by atoms with Crippen LogP contribution in [0.25, 0.3) is 12.2 Å². The number of benzene rings is 1. The number of ether oxygens (including phenoxy) is 3. The number of aryl methyl sites for hydroxylation is 1. The van der Waals surface area contributed by atoms with Crippen molar-refractivity contribution < 1.29 is 27.4 Å².